The zero-order valence-corrected chi connectivity index (χ0v) is 8.29. The second-order valence-corrected chi connectivity index (χ2v) is 2.19. The van der Waals surface area contributed by atoms with Gasteiger partial charge in [0.15, 0.2) is 0 Å². The van der Waals surface area contributed by atoms with Gasteiger partial charge in [-0.05, 0) is 29.7 Å². The Hall–Kier alpha value is -0.630. The summed E-state index contributed by atoms with van der Waals surface area (Å²) in [5, 5.41) is 0. The lowest BCUT2D eigenvalue weighted by molar-refractivity contribution is 1.23. The molecule has 2 heteroatoms. The summed E-state index contributed by atoms with van der Waals surface area (Å²) in [5.41, 5.74) is 2.36. The molecule has 60 valence electrons. The molecule has 1 heterocycles. The van der Waals surface area contributed by atoms with Crippen LogP contribution in [0.2, 0.25) is 0 Å². The molecular formula is C9H12BrN. The molecule has 0 fully saturated rings. The van der Waals surface area contributed by atoms with Gasteiger partial charge in [0, 0.05) is 12.4 Å². The molecule has 0 aliphatic carbocycles. The fourth-order valence-corrected chi connectivity index (χ4v) is 0.792. The molecule has 0 saturated carbocycles. The van der Waals surface area contributed by atoms with Crippen molar-refractivity contribution in [2.75, 3.05) is 0 Å². The first-order valence-corrected chi connectivity index (χ1v) is 3.42. The second kappa shape index (κ2) is 5.08. The van der Waals surface area contributed by atoms with Gasteiger partial charge in [-0.25, -0.2) is 0 Å². The van der Waals surface area contributed by atoms with Gasteiger partial charge in [-0.1, -0.05) is 13.5 Å². The van der Waals surface area contributed by atoms with E-state index in [4.69, 9.17) is 0 Å². The van der Waals surface area contributed by atoms with Gasteiger partial charge in [-0.15, -0.1) is 17.0 Å². The van der Waals surface area contributed by atoms with E-state index in [9.17, 15) is 0 Å². The van der Waals surface area contributed by atoms with E-state index in [0.29, 0.717) is 0 Å². The third kappa shape index (κ3) is 2.85. The molecule has 0 spiro atoms. The van der Waals surface area contributed by atoms with Crippen molar-refractivity contribution in [3.8, 4) is 0 Å². The number of hydrogen-bond donors (Lipinski definition) is 0. The highest BCUT2D eigenvalue weighted by Gasteiger charge is 1.91. The smallest absolute Gasteiger partial charge is 0.0273 e. The third-order valence-corrected chi connectivity index (χ3v) is 1.52. The monoisotopic (exact) mass is 213 g/mol. The lowest BCUT2D eigenvalue weighted by Gasteiger charge is -1.99. The molecule has 1 aromatic rings. The van der Waals surface area contributed by atoms with Crippen LogP contribution in [0.15, 0.2) is 31.1 Å². The normalized spacial score (nSPS) is 8.45. The average molecular weight is 214 g/mol. The first kappa shape index (κ1) is 10.4. The van der Waals surface area contributed by atoms with Gasteiger partial charge in [0.1, 0.15) is 0 Å². The standard InChI is InChI=1S/C9H11N.BrH/c1-3-8(2)9-4-6-10-7-5-9;/h4-7H,2-3H2,1H3;1H. The topological polar surface area (TPSA) is 12.9 Å². The van der Waals surface area contributed by atoms with Crippen LogP contribution in [0.25, 0.3) is 5.57 Å². The van der Waals surface area contributed by atoms with Gasteiger partial charge in [-0.2, -0.15) is 0 Å². The van der Waals surface area contributed by atoms with Crippen LogP contribution in [0.3, 0.4) is 0 Å². The summed E-state index contributed by atoms with van der Waals surface area (Å²) in [6.07, 6.45) is 4.58. The van der Waals surface area contributed by atoms with Crippen LogP contribution in [-0.2, 0) is 0 Å². The van der Waals surface area contributed by atoms with Crippen LogP contribution in [0.5, 0.6) is 0 Å². The fourth-order valence-electron chi connectivity index (χ4n) is 0.792. The number of hydrogen-bond acceptors (Lipinski definition) is 1. The van der Waals surface area contributed by atoms with E-state index in [1.807, 2.05) is 12.1 Å². The minimum absolute atomic E-state index is 0. The van der Waals surface area contributed by atoms with Gasteiger partial charge >= 0.3 is 0 Å². The first-order chi connectivity index (χ1) is 4.84. The van der Waals surface area contributed by atoms with Crippen molar-refractivity contribution in [1.82, 2.24) is 4.98 Å². The highest BCUT2D eigenvalue weighted by Crippen LogP contribution is 2.12. The van der Waals surface area contributed by atoms with E-state index in [-0.39, 0.29) is 17.0 Å². The van der Waals surface area contributed by atoms with Crippen LogP contribution in [-0.4, -0.2) is 4.98 Å². The molecular weight excluding hydrogens is 202 g/mol. The Labute approximate surface area is 77.9 Å². The zero-order valence-electron chi connectivity index (χ0n) is 6.58. The Balaban J connectivity index is 0.000001000. The minimum atomic E-state index is 0. The molecule has 0 saturated heterocycles. The maximum atomic E-state index is 3.92. The summed E-state index contributed by atoms with van der Waals surface area (Å²) in [5.74, 6) is 0. The Morgan fingerprint density at radius 1 is 1.45 bits per heavy atom. The average Bonchev–Trinajstić information content (AvgIpc) is 2.05. The van der Waals surface area contributed by atoms with E-state index in [1.54, 1.807) is 12.4 Å². The molecule has 0 radical (unpaired) electrons. The van der Waals surface area contributed by atoms with Crippen molar-refractivity contribution < 1.29 is 0 Å². The fraction of sp³-hybridized carbons (Fsp3) is 0.222. The highest BCUT2D eigenvalue weighted by molar-refractivity contribution is 8.93. The van der Waals surface area contributed by atoms with E-state index >= 15 is 0 Å². The predicted octanol–water partition coefficient (Wildman–Crippen LogP) is 3.08. The molecule has 0 unspecified atom stereocenters. The molecule has 0 N–H and O–H groups in total. The first-order valence-electron chi connectivity index (χ1n) is 3.42. The number of nitrogens with zero attached hydrogens (tertiary/aromatic N) is 1. The van der Waals surface area contributed by atoms with Crippen molar-refractivity contribution >= 4 is 22.6 Å². The summed E-state index contributed by atoms with van der Waals surface area (Å²) < 4.78 is 0. The Bertz CT molecular complexity index is 218. The second-order valence-electron chi connectivity index (χ2n) is 2.19. The lowest BCUT2D eigenvalue weighted by Crippen LogP contribution is -1.79. The molecule has 0 atom stereocenters. The maximum absolute atomic E-state index is 3.92. The van der Waals surface area contributed by atoms with Crippen molar-refractivity contribution in [1.29, 1.82) is 0 Å². The van der Waals surface area contributed by atoms with Gasteiger partial charge in [-0.3, -0.25) is 4.98 Å². The summed E-state index contributed by atoms with van der Waals surface area (Å²) in [6, 6.07) is 3.96. The van der Waals surface area contributed by atoms with Crippen LogP contribution < -0.4 is 0 Å². The SMILES string of the molecule is Br.C=C(CC)c1ccncc1. The maximum Gasteiger partial charge on any atom is 0.0273 e. The molecule has 11 heavy (non-hydrogen) atoms. The van der Waals surface area contributed by atoms with Gasteiger partial charge < -0.3 is 0 Å². The number of halogens is 1. The Morgan fingerprint density at radius 2 is 2.00 bits per heavy atom. The quantitative estimate of drug-likeness (QED) is 0.737. The molecule has 1 nitrogen and oxygen atoms in total. The molecule has 1 aromatic heterocycles. The van der Waals surface area contributed by atoms with Crippen LogP contribution in [0, 0.1) is 0 Å². The molecule has 1 rings (SSSR count). The summed E-state index contributed by atoms with van der Waals surface area (Å²) in [4.78, 5) is 3.92. The van der Waals surface area contributed by atoms with E-state index in [0.717, 1.165) is 6.42 Å². The van der Waals surface area contributed by atoms with Crippen molar-refractivity contribution in [3.63, 3.8) is 0 Å². The lowest BCUT2D eigenvalue weighted by atomic mass is 10.1. The number of pyridine rings is 1. The molecule has 0 aromatic carbocycles. The van der Waals surface area contributed by atoms with Gasteiger partial charge in [0.05, 0.1) is 0 Å². The number of rotatable bonds is 2. The van der Waals surface area contributed by atoms with Crippen LogP contribution in [0.4, 0.5) is 0 Å². The number of allylic oxidation sites excluding steroid dienone is 1. The summed E-state index contributed by atoms with van der Waals surface area (Å²) in [6.45, 7) is 6.02. The largest absolute Gasteiger partial charge is 0.265 e. The molecule has 0 bridgehead atoms. The zero-order chi connectivity index (χ0) is 7.40. The molecule has 0 amide bonds. The molecule has 0 aliphatic heterocycles. The predicted molar refractivity (Wildman–Crippen MR) is 53.9 cm³/mol. The summed E-state index contributed by atoms with van der Waals surface area (Å²) >= 11 is 0. The highest BCUT2D eigenvalue weighted by atomic mass is 79.9. The Morgan fingerprint density at radius 3 is 2.45 bits per heavy atom. The Kier molecular flexibility index (Phi) is 4.79. The van der Waals surface area contributed by atoms with Crippen LogP contribution >= 0.6 is 17.0 Å². The van der Waals surface area contributed by atoms with Crippen molar-refractivity contribution in [3.05, 3.63) is 36.7 Å². The molecule has 0 aliphatic rings. The number of aromatic nitrogens is 1. The van der Waals surface area contributed by atoms with Crippen molar-refractivity contribution in [2.45, 2.75) is 13.3 Å². The van der Waals surface area contributed by atoms with Gasteiger partial charge in [0.25, 0.3) is 0 Å². The van der Waals surface area contributed by atoms with Gasteiger partial charge in [0.2, 0.25) is 0 Å². The van der Waals surface area contributed by atoms with Crippen LogP contribution in [0.1, 0.15) is 18.9 Å². The van der Waals surface area contributed by atoms with Crippen molar-refractivity contribution in [2.24, 2.45) is 0 Å². The van der Waals surface area contributed by atoms with E-state index in [2.05, 4.69) is 18.5 Å². The minimum Gasteiger partial charge on any atom is -0.265 e. The van der Waals surface area contributed by atoms with E-state index < -0.39 is 0 Å². The van der Waals surface area contributed by atoms with E-state index in [1.165, 1.54) is 11.1 Å². The third-order valence-electron chi connectivity index (χ3n) is 1.52. The summed E-state index contributed by atoms with van der Waals surface area (Å²) in [7, 11) is 0.